The molecule has 2 heterocycles. The molecule has 5 nitrogen and oxygen atoms in total. The number of aryl methyl sites for hydroxylation is 1. The van der Waals surface area contributed by atoms with Crippen LogP contribution in [0, 0.1) is 5.92 Å². The van der Waals surface area contributed by atoms with Gasteiger partial charge in [-0.15, -0.1) is 0 Å². The Kier molecular flexibility index (Phi) is 6.76. The van der Waals surface area contributed by atoms with E-state index in [4.69, 9.17) is 0 Å². The molecular weight excluding hydrogens is 350 g/mol. The fourth-order valence-electron chi connectivity index (χ4n) is 4.37. The minimum Gasteiger partial charge on any atom is -0.354 e. The number of nitrogens with one attached hydrogen (secondary N) is 2. The normalized spacial score (nSPS) is 22.9. The SMILES string of the molecule is CCc1ccc(C(C)(C)C(=O)N2CCCC(CNC(=O)C3CCCN3)C2)cc1. The van der Waals surface area contributed by atoms with Gasteiger partial charge in [0.05, 0.1) is 11.5 Å². The quantitative estimate of drug-likeness (QED) is 0.791. The fraction of sp³-hybridized carbons (Fsp3) is 0.652. The molecule has 3 rings (SSSR count). The molecule has 2 amide bonds. The first-order valence-electron chi connectivity index (χ1n) is 10.8. The average Bonchev–Trinajstić information content (AvgIpc) is 3.26. The molecule has 0 bridgehead atoms. The molecule has 2 unspecified atom stereocenters. The smallest absolute Gasteiger partial charge is 0.237 e. The number of amides is 2. The summed E-state index contributed by atoms with van der Waals surface area (Å²) in [5, 5.41) is 6.34. The number of carbonyl (C=O) groups excluding carboxylic acids is 2. The third-order valence-corrected chi connectivity index (χ3v) is 6.37. The monoisotopic (exact) mass is 385 g/mol. The predicted molar refractivity (Wildman–Crippen MR) is 112 cm³/mol. The van der Waals surface area contributed by atoms with Crippen molar-refractivity contribution in [3.63, 3.8) is 0 Å². The molecule has 5 heteroatoms. The number of carbonyl (C=O) groups is 2. The molecule has 0 spiro atoms. The Morgan fingerprint density at radius 3 is 2.57 bits per heavy atom. The number of benzene rings is 1. The summed E-state index contributed by atoms with van der Waals surface area (Å²) < 4.78 is 0. The van der Waals surface area contributed by atoms with Crippen molar-refractivity contribution in [3.8, 4) is 0 Å². The van der Waals surface area contributed by atoms with Crippen LogP contribution in [0.15, 0.2) is 24.3 Å². The second kappa shape index (κ2) is 9.08. The van der Waals surface area contributed by atoms with E-state index in [0.717, 1.165) is 57.3 Å². The summed E-state index contributed by atoms with van der Waals surface area (Å²) in [7, 11) is 0. The molecule has 1 aromatic rings. The van der Waals surface area contributed by atoms with Crippen LogP contribution in [0.3, 0.4) is 0 Å². The van der Waals surface area contributed by atoms with E-state index >= 15 is 0 Å². The summed E-state index contributed by atoms with van der Waals surface area (Å²) in [4.78, 5) is 27.5. The standard InChI is InChI=1S/C23H35N3O2/c1-4-17-9-11-19(12-10-17)23(2,3)22(28)26-14-6-7-18(16-26)15-25-21(27)20-8-5-13-24-20/h9-12,18,20,24H,4-8,13-16H2,1-3H3,(H,25,27). The molecule has 0 saturated carbocycles. The van der Waals surface area contributed by atoms with Crippen LogP contribution in [0.1, 0.15) is 57.6 Å². The third kappa shape index (κ3) is 4.75. The van der Waals surface area contributed by atoms with Gasteiger partial charge < -0.3 is 15.5 Å². The zero-order valence-electron chi connectivity index (χ0n) is 17.6. The molecule has 154 valence electrons. The lowest BCUT2D eigenvalue weighted by atomic mass is 9.81. The number of hydrogen-bond acceptors (Lipinski definition) is 3. The van der Waals surface area contributed by atoms with Gasteiger partial charge in [-0.2, -0.15) is 0 Å². The first-order chi connectivity index (χ1) is 13.4. The lowest BCUT2D eigenvalue weighted by Gasteiger charge is -2.38. The average molecular weight is 386 g/mol. The number of piperidine rings is 1. The maximum absolute atomic E-state index is 13.3. The highest BCUT2D eigenvalue weighted by Crippen LogP contribution is 2.28. The summed E-state index contributed by atoms with van der Waals surface area (Å²) in [5.74, 6) is 0.629. The molecular formula is C23H35N3O2. The van der Waals surface area contributed by atoms with E-state index in [1.54, 1.807) is 0 Å². The summed E-state index contributed by atoms with van der Waals surface area (Å²) >= 11 is 0. The Morgan fingerprint density at radius 2 is 1.93 bits per heavy atom. The largest absolute Gasteiger partial charge is 0.354 e. The van der Waals surface area contributed by atoms with Crippen LogP contribution in [0.5, 0.6) is 0 Å². The van der Waals surface area contributed by atoms with E-state index in [2.05, 4.69) is 41.8 Å². The van der Waals surface area contributed by atoms with Crippen molar-refractivity contribution >= 4 is 11.8 Å². The van der Waals surface area contributed by atoms with Crippen molar-refractivity contribution in [2.24, 2.45) is 5.92 Å². The minimum atomic E-state index is -0.537. The van der Waals surface area contributed by atoms with E-state index in [0.29, 0.717) is 12.5 Å². The number of hydrogen-bond donors (Lipinski definition) is 2. The van der Waals surface area contributed by atoms with Gasteiger partial charge in [-0.05, 0) is 69.5 Å². The molecule has 2 saturated heterocycles. The van der Waals surface area contributed by atoms with Crippen LogP contribution < -0.4 is 10.6 Å². The highest BCUT2D eigenvalue weighted by atomic mass is 16.2. The van der Waals surface area contributed by atoms with Crippen LogP contribution >= 0.6 is 0 Å². The number of rotatable bonds is 6. The molecule has 2 aliphatic rings. The van der Waals surface area contributed by atoms with Gasteiger partial charge in [0.1, 0.15) is 0 Å². The molecule has 2 fully saturated rings. The lowest BCUT2D eigenvalue weighted by Crippen LogP contribution is -2.50. The van der Waals surface area contributed by atoms with Crippen molar-refractivity contribution in [2.75, 3.05) is 26.2 Å². The van der Waals surface area contributed by atoms with Gasteiger partial charge in [0.25, 0.3) is 0 Å². The minimum absolute atomic E-state index is 0.0358. The van der Waals surface area contributed by atoms with Gasteiger partial charge in [-0.25, -0.2) is 0 Å². The fourth-order valence-corrected chi connectivity index (χ4v) is 4.37. The van der Waals surface area contributed by atoms with Gasteiger partial charge in [0.2, 0.25) is 11.8 Å². The van der Waals surface area contributed by atoms with E-state index in [1.807, 2.05) is 18.7 Å². The van der Waals surface area contributed by atoms with Gasteiger partial charge in [-0.3, -0.25) is 9.59 Å². The zero-order chi connectivity index (χ0) is 20.1. The van der Waals surface area contributed by atoms with Crippen LogP contribution in [0.4, 0.5) is 0 Å². The van der Waals surface area contributed by atoms with Crippen molar-refractivity contribution in [2.45, 2.75) is 64.3 Å². The Hall–Kier alpha value is -1.88. The van der Waals surface area contributed by atoms with Crippen LogP contribution in [0.2, 0.25) is 0 Å². The van der Waals surface area contributed by atoms with E-state index < -0.39 is 5.41 Å². The lowest BCUT2D eigenvalue weighted by molar-refractivity contribution is -0.138. The highest BCUT2D eigenvalue weighted by Gasteiger charge is 2.36. The van der Waals surface area contributed by atoms with Crippen molar-refractivity contribution < 1.29 is 9.59 Å². The Bertz CT molecular complexity index is 678. The van der Waals surface area contributed by atoms with Crippen LogP contribution in [0.25, 0.3) is 0 Å². The van der Waals surface area contributed by atoms with Crippen molar-refractivity contribution in [1.82, 2.24) is 15.5 Å². The van der Waals surface area contributed by atoms with Gasteiger partial charge >= 0.3 is 0 Å². The molecule has 2 aliphatic heterocycles. The highest BCUT2D eigenvalue weighted by molar-refractivity contribution is 5.87. The molecule has 2 N–H and O–H groups in total. The second-order valence-electron chi connectivity index (χ2n) is 8.83. The first kappa shape index (κ1) is 20.8. The molecule has 0 aromatic heterocycles. The first-order valence-corrected chi connectivity index (χ1v) is 10.8. The second-order valence-corrected chi connectivity index (χ2v) is 8.83. The van der Waals surface area contributed by atoms with E-state index in [-0.39, 0.29) is 17.9 Å². The van der Waals surface area contributed by atoms with Gasteiger partial charge in [0, 0.05) is 19.6 Å². The summed E-state index contributed by atoms with van der Waals surface area (Å²) in [6.07, 6.45) is 5.06. The third-order valence-electron chi connectivity index (χ3n) is 6.37. The maximum Gasteiger partial charge on any atom is 0.237 e. The molecule has 0 aliphatic carbocycles. The predicted octanol–water partition coefficient (Wildman–Crippen LogP) is 2.63. The number of nitrogens with zero attached hydrogens (tertiary/aromatic N) is 1. The summed E-state index contributed by atoms with van der Waals surface area (Å²) in [6, 6.07) is 8.39. The molecule has 2 atom stereocenters. The van der Waals surface area contributed by atoms with Gasteiger partial charge in [-0.1, -0.05) is 31.2 Å². The topological polar surface area (TPSA) is 61.4 Å². The number of likely N-dealkylation sites (tertiary alicyclic amines) is 1. The van der Waals surface area contributed by atoms with Crippen molar-refractivity contribution in [3.05, 3.63) is 35.4 Å². The van der Waals surface area contributed by atoms with Gasteiger partial charge in [0.15, 0.2) is 0 Å². The molecule has 1 aromatic carbocycles. The molecule has 28 heavy (non-hydrogen) atoms. The summed E-state index contributed by atoms with van der Waals surface area (Å²) in [6.45, 7) is 9.31. The van der Waals surface area contributed by atoms with E-state index in [1.165, 1.54) is 5.56 Å². The van der Waals surface area contributed by atoms with Crippen molar-refractivity contribution in [1.29, 1.82) is 0 Å². The van der Waals surface area contributed by atoms with Crippen LogP contribution in [-0.2, 0) is 21.4 Å². The Balaban J connectivity index is 1.57. The van der Waals surface area contributed by atoms with E-state index in [9.17, 15) is 9.59 Å². The Morgan fingerprint density at radius 1 is 1.18 bits per heavy atom. The van der Waals surface area contributed by atoms with Crippen LogP contribution in [-0.4, -0.2) is 48.9 Å². The Labute approximate surface area is 169 Å². The molecule has 0 radical (unpaired) electrons. The summed E-state index contributed by atoms with van der Waals surface area (Å²) in [5.41, 5.74) is 1.82. The maximum atomic E-state index is 13.3. The zero-order valence-corrected chi connectivity index (χ0v) is 17.6.